The van der Waals surface area contributed by atoms with Gasteiger partial charge in [0, 0.05) is 49.1 Å². The quantitative estimate of drug-likeness (QED) is 0.722. The number of hydrogen-bond donors (Lipinski definition) is 0. The lowest BCUT2D eigenvalue weighted by Crippen LogP contribution is -2.48. The number of carbonyl (C=O) groups is 1. The van der Waals surface area contributed by atoms with Crippen molar-refractivity contribution in [1.82, 2.24) is 9.88 Å². The van der Waals surface area contributed by atoms with E-state index in [4.69, 9.17) is 0 Å². The van der Waals surface area contributed by atoms with Crippen LogP contribution in [0.1, 0.15) is 9.67 Å². The lowest BCUT2D eigenvalue weighted by atomic mass is 10.2. The summed E-state index contributed by atoms with van der Waals surface area (Å²) in [5.41, 5.74) is 2.33. The van der Waals surface area contributed by atoms with Crippen LogP contribution in [0.2, 0.25) is 0 Å². The molecular formula is C20H19N3OS. The van der Waals surface area contributed by atoms with Crippen LogP contribution in [0.3, 0.4) is 0 Å². The van der Waals surface area contributed by atoms with E-state index >= 15 is 0 Å². The van der Waals surface area contributed by atoms with Crippen LogP contribution >= 0.6 is 11.3 Å². The molecule has 1 saturated heterocycles. The lowest BCUT2D eigenvalue weighted by Gasteiger charge is -2.36. The molecule has 1 fully saturated rings. The molecule has 3 aromatic rings. The number of anilines is 1. The predicted octanol–water partition coefficient (Wildman–Crippen LogP) is 3.77. The van der Waals surface area contributed by atoms with E-state index in [0.717, 1.165) is 41.5 Å². The van der Waals surface area contributed by atoms with Crippen LogP contribution in [-0.2, 0) is 0 Å². The molecule has 0 spiro atoms. The third kappa shape index (κ3) is 3.42. The van der Waals surface area contributed by atoms with Gasteiger partial charge in [0.05, 0.1) is 4.88 Å². The van der Waals surface area contributed by atoms with Crippen molar-refractivity contribution in [3.63, 3.8) is 0 Å². The van der Waals surface area contributed by atoms with Crippen LogP contribution < -0.4 is 4.90 Å². The van der Waals surface area contributed by atoms with Crippen LogP contribution in [0.15, 0.2) is 67.0 Å². The second kappa shape index (κ2) is 7.07. The zero-order valence-corrected chi connectivity index (χ0v) is 14.7. The van der Waals surface area contributed by atoms with Crippen LogP contribution in [0.5, 0.6) is 0 Å². The number of hydrogen-bond acceptors (Lipinski definition) is 4. The molecule has 0 unspecified atom stereocenters. The third-order valence-electron chi connectivity index (χ3n) is 4.47. The monoisotopic (exact) mass is 349 g/mol. The summed E-state index contributed by atoms with van der Waals surface area (Å²) in [6.45, 7) is 3.27. The van der Waals surface area contributed by atoms with Crippen molar-refractivity contribution in [2.45, 2.75) is 0 Å². The molecule has 0 atom stereocenters. The number of aromatic nitrogens is 1. The summed E-state index contributed by atoms with van der Waals surface area (Å²) in [4.78, 5) is 23.0. The summed E-state index contributed by atoms with van der Waals surface area (Å²) in [6.07, 6.45) is 3.55. The summed E-state index contributed by atoms with van der Waals surface area (Å²) >= 11 is 1.55. The van der Waals surface area contributed by atoms with Gasteiger partial charge in [0.1, 0.15) is 0 Å². The Morgan fingerprint density at radius 3 is 2.32 bits per heavy atom. The largest absolute Gasteiger partial charge is 0.368 e. The zero-order chi connectivity index (χ0) is 17.1. The molecule has 0 radical (unpaired) electrons. The summed E-state index contributed by atoms with van der Waals surface area (Å²) in [5.74, 6) is 0.137. The first-order valence-electron chi connectivity index (χ1n) is 8.41. The molecule has 0 saturated carbocycles. The highest BCUT2D eigenvalue weighted by molar-refractivity contribution is 7.17. The molecule has 5 heteroatoms. The van der Waals surface area contributed by atoms with E-state index in [0.29, 0.717) is 0 Å². The van der Waals surface area contributed by atoms with Crippen molar-refractivity contribution in [2.24, 2.45) is 0 Å². The van der Waals surface area contributed by atoms with Crippen LogP contribution in [0, 0.1) is 0 Å². The average Bonchev–Trinajstić information content (AvgIpc) is 3.19. The Kier molecular flexibility index (Phi) is 4.48. The van der Waals surface area contributed by atoms with Crippen LogP contribution in [0.4, 0.5) is 5.69 Å². The standard InChI is InChI=1S/C20H19N3OS/c24-20(19-7-6-18(25-19)16-8-10-21-11-9-16)23-14-12-22(13-15-23)17-4-2-1-3-5-17/h1-11H,12-15H2. The van der Waals surface area contributed by atoms with E-state index in [1.807, 2.05) is 35.2 Å². The Morgan fingerprint density at radius 2 is 1.60 bits per heavy atom. The molecule has 0 bridgehead atoms. The van der Waals surface area contributed by atoms with Crippen molar-refractivity contribution in [1.29, 1.82) is 0 Å². The molecule has 1 aliphatic rings. The van der Waals surface area contributed by atoms with Crippen molar-refractivity contribution in [3.8, 4) is 10.4 Å². The van der Waals surface area contributed by atoms with E-state index < -0.39 is 0 Å². The molecule has 126 valence electrons. The number of rotatable bonds is 3. The van der Waals surface area contributed by atoms with Gasteiger partial charge < -0.3 is 9.80 Å². The molecule has 1 amide bonds. The fraction of sp³-hybridized carbons (Fsp3) is 0.200. The van der Waals surface area contributed by atoms with E-state index in [2.05, 4.69) is 34.1 Å². The molecule has 4 rings (SSSR count). The number of amides is 1. The number of thiophene rings is 1. The number of para-hydroxylation sites is 1. The number of nitrogens with zero attached hydrogens (tertiary/aromatic N) is 3. The Hall–Kier alpha value is -2.66. The van der Waals surface area contributed by atoms with Crippen LogP contribution in [-0.4, -0.2) is 42.0 Å². The maximum atomic E-state index is 12.8. The third-order valence-corrected chi connectivity index (χ3v) is 5.59. The topological polar surface area (TPSA) is 36.4 Å². The zero-order valence-electron chi connectivity index (χ0n) is 13.8. The van der Waals surface area contributed by atoms with Gasteiger partial charge >= 0.3 is 0 Å². The van der Waals surface area contributed by atoms with Gasteiger partial charge in [0.2, 0.25) is 0 Å². The highest BCUT2D eigenvalue weighted by Crippen LogP contribution is 2.28. The number of benzene rings is 1. The van der Waals surface area contributed by atoms with Gasteiger partial charge in [-0.15, -0.1) is 11.3 Å². The Balaban J connectivity index is 1.42. The van der Waals surface area contributed by atoms with E-state index in [1.54, 1.807) is 23.7 Å². The molecule has 25 heavy (non-hydrogen) atoms. The lowest BCUT2D eigenvalue weighted by molar-refractivity contribution is 0.0751. The van der Waals surface area contributed by atoms with Crippen LogP contribution in [0.25, 0.3) is 10.4 Å². The van der Waals surface area contributed by atoms with Crippen molar-refractivity contribution in [3.05, 3.63) is 71.9 Å². The molecule has 0 aliphatic carbocycles. The molecule has 4 nitrogen and oxygen atoms in total. The van der Waals surface area contributed by atoms with E-state index in [9.17, 15) is 4.79 Å². The van der Waals surface area contributed by atoms with Crippen molar-refractivity contribution < 1.29 is 4.79 Å². The van der Waals surface area contributed by atoms with Gasteiger partial charge in [-0.3, -0.25) is 9.78 Å². The Morgan fingerprint density at radius 1 is 0.880 bits per heavy atom. The second-order valence-electron chi connectivity index (χ2n) is 6.01. The fourth-order valence-corrected chi connectivity index (χ4v) is 4.07. The maximum Gasteiger partial charge on any atom is 0.264 e. The first-order chi connectivity index (χ1) is 12.3. The molecule has 2 aromatic heterocycles. The number of pyridine rings is 1. The van der Waals surface area contributed by atoms with Gasteiger partial charge in [-0.1, -0.05) is 18.2 Å². The smallest absolute Gasteiger partial charge is 0.264 e. The average molecular weight is 349 g/mol. The summed E-state index contributed by atoms with van der Waals surface area (Å²) in [7, 11) is 0. The van der Waals surface area contributed by atoms with Crippen molar-refractivity contribution >= 4 is 22.9 Å². The van der Waals surface area contributed by atoms with Gasteiger partial charge in [0.25, 0.3) is 5.91 Å². The SMILES string of the molecule is O=C(c1ccc(-c2ccncc2)s1)N1CCN(c2ccccc2)CC1. The minimum atomic E-state index is 0.137. The van der Waals surface area contributed by atoms with Gasteiger partial charge in [-0.25, -0.2) is 0 Å². The normalized spacial score (nSPS) is 14.6. The summed E-state index contributed by atoms with van der Waals surface area (Å²) in [5, 5.41) is 0. The summed E-state index contributed by atoms with van der Waals surface area (Å²) < 4.78 is 0. The molecule has 1 aliphatic heterocycles. The second-order valence-corrected chi connectivity index (χ2v) is 7.10. The fourth-order valence-electron chi connectivity index (χ4n) is 3.09. The van der Waals surface area contributed by atoms with Gasteiger partial charge in [0.15, 0.2) is 0 Å². The highest BCUT2D eigenvalue weighted by atomic mass is 32.1. The van der Waals surface area contributed by atoms with E-state index in [1.165, 1.54) is 5.69 Å². The number of piperazine rings is 1. The van der Waals surface area contributed by atoms with Gasteiger partial charge in [-0.05, 0) is 42.0 Å². The molecule has 0 N–H and O–H groups in total. The number of carbonyl (C=O) groups excluding carboxylic acids is 1. The van der Waals surface area contributed by atoms with Gasteiger partial charge in [-0.2, -0.15) is 0 Å². The minimum absolute atomic E-state index is 0.137. The first kappa shape index (κ1) is 15.8. The first-order valence-corrected chi connectivity index (χ1v) is 9.22. The van der Waals surface area contributed by atoms with Crippen molar-refractivity contribution in [2.75, 3.05) is 31.1 Å². The minimum Gasteiger partial charge on any atom is -0.368 e. The maximum absolute atomic E-state index is 12.8. The molecular weight excluding hydrogens is 330 g/mol. The highest BCUT2D eigenvalue weighted by Gasteiger charge is 2.23. The van der Waals surface area contributed by atoms with E-state index in [-0.39, 0.29) is 5.91 Å². The molecule has 3 heterocycles. The Bertz CT molecular complexity index is 840. The predicted molar refractivity (Wildman–Crippen MR) is 102 cm³/mol. The Labute approximate surface area is 151 Å². The summed E-state index contributed by atoms with van der Waals surface area (Å²) in [6, 6.07) is 18.3. The molecule has 1 aromatic carbocycles.